The fourth-order valence-electron chi connectivity index (χ4n) is 4.14. The Morgan fingerprint density at radius 3 is 2.26 bits per heavy atom. The van der Waals surface area contributed by atoms with Crippen LogP contribution in [0.2, 0.25) is 5.02 Å². The van der Waals surface area contributed by atoms with Crippen molar-refractivity contribution in [1.29, 1.82) is 0 Å². The van der Waals surface area contributed by atoms with E-state index >= 15 is 0 Å². The van der Waals surface area contributed by atoms with Crippen LogP contribution >= 0.6 is 11.6 Å². The van der Waals surface area contributed by atoms with Crippen LogP contribution in [0.4, 0.5) is 18.9 Å². The summed E-state index contributed by atoms with van der Waals surface area (Å²) in [4.78, 5) is 28.0. The number of carbonyl (C=O) groups is 2. The second kappa shape index (κ2) is 14.1. The molecule has 43 heavy (non-hydrogen) atoms. The Morgan fingerprint density at radius 2 is 1.65 bits per heavy atom. The monoisotopic (exact) mass is 639 g/mol. The number of hydrogen-bond donors (Lipinski definition) is 1. The summed E-state index contributed by atoms with van der Waals surface area (Å²) in [7, 11) is -3.08. The molecule has 0 radical (unpaired) electrons. The van der Waals surface area contributed by atoms with Gasteiger partial charge in [0, 0.05) is 13.1 Å². The number of methoxy groups -OCH3 is 1. The minimum atomic E-state index is -4.89. The standard InChI is InChI=1S/C30H33ClF3N3O5S/c1-20(2)17-35-29(39)21(3)36(18-22-9-8-10-24(15-22)42-4)28(38)19-37(43(40,41)25-11-6-5-7-12-25)23-13-14-27(31)26(16-23)30(32,33)34/h5-16,20-21H,17-19H2,1-4H3,(H,35,39)/t21-/m1/s1. The molecule has 1 N–H and O–H groups in total. The van der Waals surface area contributed by atoms with Gasteiger partial charge < -0.3 is 15.0 Å². The number of amides is 2. The Bertz CT molecular complexity index is 1540. The van der Waals surface area contributed by atoms with Crippen molar-refractivity contribution in [3.05, 3.63) is 88.9 Å². The highest BCUT2D eigenvalue weighted by atomic mass is 35.5. The summed E-state index contributed by atoms with van der Waals surface area (Å²) in [6.07, 6.45) is -4.89. The number of sulfonamides is 1. The maximum Gasteiger partial charge on any atom is 0.417 e. The summed E-state index contributed by atoms with van der Waals surface area (Å²) in [5.41, 5.74) is -1.10. The minimum Gasteiger partial charge on any atom is -0.497 e. The quantitative estimate of drug-likeness (QED) is 0.272. The number of nitrogens with zero attached hydrogens (tertiary/aromatic N) is 2. The molecule has 0 aliphatic heterocycles. The Hall–Kier alpha value is -3.77. The molecule has 0 aliphatic rings. The van der Waals surface area contributed by atoms with E-state index in [1.54, 1.807) is 30.3 Å². The first-order valence-corrected chi connectivity index (χ1v) is 15.1. The van der Waals surface area contributed by atoms with Crippen LogP contribution in [0.3, 0.4) is 0 Å². The first kappa shape index (κ1) is 33.7. The zero-order valence-corrected chi connectivity index (χ0v) is 25.6. The summed E-state index contributed by atoms with van der Waals surface area (Å²) < 4.78 is 74.7. The van der Waals surface area contributed by atoms with E-state index in [1.807, 2.05) is 13.8 Å². The highest BCUT2D eigenvalue weighted by molar-refractivity contribution is 7.92. The predicted octanol–water partition coefficient (Wildman–Crippen LogP) is 5.75. The van der Waals surface area contributed by atoms with Crippen molar-refractivity contribution < 1.29 is 35.9 Å². The van der Waals surface area contributed by atoms with E-state index in [-0.39, 0.29) is 17.4 Å². The molecule has 232 valence electrons. The lowest BCUT2D eigenvalue weighted by Crippen LogP contribution is -2.51. The van der Waals surface area contributed by atoms with Crippen molar-refractivity contribution in [2.75, 3.05) is 24.5 Å². The number of alkyl halides is 3. The first-order chi connectivity index (χ1) is 20.1. The first-order valence-electron chi connectivity index (χ1n) is 13.3. The molecule has 2 amide bonds. The molecule has 0 heterocycles. The van der Waals surface area contributed by atoms with Crippen LogP contribution < -0.4 is 14.4 Å². The van der Waals surface area contributed by atoms with Crippen molar-refractivity contribution in [3.8, 4) is 5.75 Å². The number of nitrogens with one attached hydrogen (secondary N) is 1. The van der Waals surface area contributed by atoms with Gasteiger partial charge in [0.05, 0.1) is 28.3 Å². The summed E-state index contributed by atoms with van der Waals surface area (Å²) in [6.45, 7) is 4.62. The topological polar surface area (TPSA) is 96.0 Å². The number of benzene rings is 3. The molecule has 0 bridgehead atoms. The molecular formula is C30H33ClF3N3O5S. The van der Waals surface area contributed by atoms with E-state index in [2.05, 4.69) is 5.32 Å². The van der Waals surface area contributed by atoms with Gasteiger partial charge in [0.25, 0.3) is 10.0 Å². The van der Waals surface area contributed by atoms with Crippen LogP contribution in [0.25, 0.3) is 0 Å². The third-order valence-corrected chi connectivity index (χ3v) is 8.61. The van der Waals surface area contributed by atoms with Gasteiger partial charge in [0.1, 0.15) is 18.3 Å². The number of halogens is 4. The van der Waals surface area contributed by atoms with Crippen LogP contribution in [-0.2, 0) is 32.3 Å². The van der Waals surface area contributed by atoms with Gasteiger partial charge in [0.2, 0.25) is 11.8 Å². The fourth-order valence-corrected chi connectivity index (χ4v) is 5.79. The van der Waals surface area contributed by atoms with E-state index in [0.717, 1.165) is 12.1 Å². The van der Waals surface area contributed by atoms with Crippen molar-refractivity contribution in [3.63, 3.8) is 0 Å². The third kappa shape index (κ3) is 8.64. The molecule has 0 fully saturated rings. The molecule has 0 aliphatic carbocycles. The Balaban J connectivity index is 2.10. The van der Waals surface area contributed by atoms with Crippen LogP contribution in [0.15, 0.2) is 77.7 Å². The van der Waals surface area contributed by atoms with E-state index in [4.69, 9.17) is 16.3 Å². The van der Waals surface area contributed by atoms with Gasteiger partial charge in [-0.05, 0) is 60.9 Å². The third-order valence-electron chi connectivity index (χ3n) is 6.49. The molecule has 0 saturated carbocycles. The number of anilines is 1. The average molecular weight is 640 g/mol. The highest BCUT2D eigenvalue weighted by Crippen LogP contribution is 2.38. The van der Waals surface area contributed by atoms with E-state index in [0.29, 0.717) is 28.2 Å². The summed E-state index contributed by atoms with van der Waals surface area (Å²) >= 11 is 5.80. The number of rotatable bonds is 12. The molecule has 1 atom stereocenters. The van der Waals surface area contributed by atoms with Gasteiger partial charge in [-0.3, -0.25) is 13.9 Å². The lowest BCUT2D eigenvalue weighted by molar-refractivity contribution is -0.139. The number of hydrogen-bond acceptors (Lipinski definition) is 5. The van der Waals surface area contributed by atoms with E-state index in [9.17, 15) is 31.2 Å². The average Bonchev–Trinajstić information content (AvgIpc) is 2.97. The van der Waals surface area contributed by atoms with E-state index in [1.165, 1.54) is 43.2 Å². The largest absolute Gasteiger partial charge is 0.497 e. The van der Waals surface area contributed by atoms with Gasteiger partial charge in [-0.15, -0.1) is 0 Å². The summed E-state index contributed by atoms with van der Waals surface area (Å²) in [5, 5.41) is 2.14. The van der Waals surface area contributed by atoms with Crippen LogP contribution in [0.5, 0.6) is 5.75 Å². The Labute approximate surface area is 254 Å². The zero-order chi connectivity index (χ0) is 31.9. The molecular weight excluding hydrogens is 607 g/mol. The van der Waals surface area contributed by atoms with Gasteiger partial charge in [-0.1, -0.05) is 55.8 Å². The van der Waals surface area contributed by atoms with Crippen LogP contribution in [0, 0.1) is 5.92 Å². The molecule has 8 nitrogen and oxygen atoms in total. The molecule has 0 spiro atoms. The number of ether oxygens (including phenoxy) is 1. The van der Waals surface area contributed by atoms with Gasteiger partial charge in [0.15, 0.2) is 0 Å². The lowest BCUT2D eigenvalue weighted by atomic mass is 10.1. The van der Waals surface area contributed by atoms with Crippen LogP contribution in [0.1, 0.15) is 31.9 Å². The molecule has 13 heteroatoms. The van der Waals surface area contributed by atoms with Crippen LogP contribution in [-0.4, -0.2) is 51.4 Å². The SMILES string of the molecule is COc1cccc(CN(C(=O)CN(c2ccc(Cl)c(C(F)(F)F)c2)S(=O)(=O)c2ccccc2)[C@H](C)C(=O)NCC(C)C)c1. The molecule has 3 aromatic carbocycles. The number of carbonyl (C=O) groups excluding carboxylic acids is 2. The van der Waals surface area contributed by atoms with Gasteiger partial charge >= 0.3 is 6.18 Å². The maximum atomic E-state index is 14.0. The molecule has 0 saturated heterocycles. The Kier molecular flexibility index (Phi) is 11.1. The van der Waals surface area contributed by atoms with Gasteiger partial charge in [-0.2, -0.15) is 13.2 Å². The van der Waals surface area contributed by atoms with E-state index < -0.39 is 56.9 Å². The normalized spacial score (nSPS) is 12.5. The summed E-state index contributed by atoms with van der Waals surface area (Å²) in [6, 6.07) is 15.3. The second-order valence-electron chi connectivity index (χ2n) is 10.2. The molecule has 3 aromatic rings. The zero-order valence-electron chi connectivity index (χ0n) is 24.1. The lowest BCUT2D eigenvalue weighted by Gasteiger charge is -2.32. The smallest absolute Gasteiger partial charge is 0.417 e. The highest BCUT2D eigenvalue weighted by Gasteiger charge is 2.37. The van der Waals surface area contributed by atoms with Crippen molar-refractivity contribution in [2.24, 2.45) is 5.92 Å². The Morgan fingerprint density at radius 1 is 0.977 bits per heavy atom. The maximum absolute atomic E-state index is 14.0. The van der Waals surface area contributed by atoms with Gasteiger partial charge in [-0.25, -0.2) is 8.42 Å². The second-order valence-corrected chi connectivity index (χ2v) is 12.4. The van der Waals surface area contributed by atoms with Crippen molar-refractivity contribution in [1.82, 2.24) is 10.2 Å². The fraction of sp³-hybridized carbons (Fsp3) is 0.333. The minimum absolute atomic E-state index is 0.111. The summed E-state index contributed by atoms with van der Waals surface area (Å²) in [5.74, 6) is -0.680. The van der Waals surface area contributed by atoms with Crippen molar-refractivity contribution in [2.45, 2.75) is 44.4 Å². The molecule has 3 rings (SSSR count). The predicted molar refractivity (Wildman–Crippen MR) is 158 cm³/mol. The van der Waals surface area contributed by atoms with Crippen molar-refractivity contribution >= 4 is 39.1 Å². The molecule has 0 unspecified atom stereocenters. The molecule has 0 aromatic heterocycles.